The van der Waals surface area contributed by atoms with Crippen LogP contribution in [0.4, 0.5) is 20.6 Å². The van der Waals surface area contributed by atoms with E-state index in [1.807, 2.05) is 4.72 Å². The van der Waals surface area contributed by atoms with E-state index in [1.54, 1.807) is 31.2 Å². The lowest BCUT2D eigenvalue weighted by Gasteiger charge is -2.26. The lowest BCUT2D eigenvalue weighted by atomic mass is 10.2. The molecule has 0 spiro atoms. The molecular weight excluding hydrogens is 575 g/mol. The number of amides is 2. The van der Waals surface area contributed by atoms with Gasteiger partial charge in [0.05, 0.1) is 29.8 Å². The molecule has 2 aromatic heterocycles. The number of carbonyl (C=O) groups excluding carboxylic acids is 1. The van der Waals surface area contributed by atoms with E-state index in [9.17, 15) is 22.8 Å². The molecule has 2 aromatic carbocycles. The summed E-state index contributed by atoms with van der Waals surface area (Å²) in [5, 5.41) is 5.70. The Balaban J connectivity index is 1.31. The average Bonchev–Trinajstić information content (AvgIpc) is 3.37. The maximum atomic E-state index is 15.1. The molecule has 0 aliphatic carbocycles. The van der Waals surface area contributed by atoms with E-state index >= 15 is 4.39 Å². The minimum Gasteiger partial charge on any atom is -0.384 e. The number of morpholine rings is 1. The number of aromatic nitrogens is 2. The van der Waals surface area contributed by atoms with E-state index in [0.717, 1.165) is 53.7 Å². The van der Waals surface area contributed by atoms with Crippen molar-refractivity contribution in [2.24, 2.45) is 0 Å². The number of halogens is 1. The fourth-order valence-electron chi connectivity index (χ4n) is 4.38. The largest absolute Gasteiger partial charge is 0.384 e. The maximum absolute atomic E-state index is 15.1. The molecule has 1 saturated heterocycles. The first-order valence-corrected chi connectivity index (χ1v) is 14.9. The molecule has 4 aromatic rings. The Hall–Kier alpha value is -4.05. The summed E-state index contributed by atoms with van der Waals surface area (Å²) in [7, 11) is -4.11. The molecule has 0 unspecified atom stereocenters. The highest BCUT2D eigenvalue weighted by Crippen LogP contribution is 2.21. The molecule has 1 aliphatic heterocycles. The molecule has 12 nitrogen and oxygen atoms in total. The van der Waals surface area contributed by atoms with Gasteiger partial charge in [0, 0.05) is 42.4 Å². The number of thiophene rings is 1. The Labute approximate surface area is 237 Å². The molecule has 0 atom stereocenters. The SMILES string of the molecule is Cc1ccc(S(=O)(=O)NC(=O)Nc2ccc(-n3c(=O)[nH]c4cc(NCCN5CCOCC5)ccc4c3=O)c(F)c2)s1. The van der Waals surface area contributed by atoms with Crippen molar-refractivity contribution >= 4 is 49.7 Å². The number of H-pyrrole nitrogens is 1. The first kappa shape index (κ1) is 28.5. The van der Waals surface area contributed by atoms with Crippen LogP contribution in [0.5, 0.6) is 0 Å². The van der Waals surface area contributed by atoms with Crippen molar-refractivity contribution in [2.75, 3.05) is 50.0 Å². The highest BCUT2D eigenvalue weighted by molar-refractivity contribution is 7.92. The number of sulfonamides is 1. The van der Waals surface area contributed by atoms with Crippen molar-refractivity contribution in [3.63, 3.8) is 0 Å². The van der Waals surface area contributed by atoms with Crippen molar-refractivity contribution in [1.82, 2.24) is 19.2 Å². The summed E-state index contributed by atoms with van der Waals surface area (Å²) in [6, 6.07) is 10.1. The summed E-state index contributed by atoms with van der Waals surface area (Å²) in [6.45, 7) is 6.35. The number of ether oxygens (including phenoxy) is 1. The summed E-state index contributed by atoms with van der Waals surface area (Å²) in [5.74, 6) is -0.979. The quantitative estimate of drug-likeness (QED) is 0.240. The van der Waals surface area contributed by atoms with E-state index in [4.69, 9.17) is 4.74 Å². The molecule has 41 heavy (non-hydrogen) atoms. The number of rotatable bonds is 8. The smallest absolute Gasteiger partial charge is 0.333 e. The number of nitrogens with one attached hydrogen (secondary N) is 4. The molecule has 0 saturated carbocycles. The Kier molecular flexibility index (Phi) is 8.21. The molecule has 5 rings (SSSR count). The second-order valence-corrected chi connectivity index (χ2v) is 12.5. The standard InChI is InChI=1S/C26H27FN6O6S2/c1-16-2-7-23(40-16)41(37,38)31-25(35)29-18-4-6-22(20(27)14-18)33-24(34)19-5-3-17(15-21(19)30-26(33)36)28-8-9-32-10-12-39-13-11-32/h2-7,14-15,28H,8-13H2,1H3,(H,30,36)(H2,29,31,35). The number of anilines is 2. The monoisotopic (exact) mass is 602 g/mol. The van der Waals surface area contributed by atoms with Crippen LogP contribution in [0.1, 0.15) is 4.88 Å². The van der Waals surface area contributed by atoms with Gasteiger partial charge in [-0.1, -0.05) is 0 Å². The maximum Gasteiger partial charge on any atom is 0.333 e. The van der Waals surface area contributed by atoms with Crippen molar-refractivity contribution < 1.29 is 22.3 Å². The fourth-order valence-corrected chi connectivity index (χ4v) is 6.57. The predicted molar refractivity (Wildman–Crippen MR) is 154 cm³/mol. The number of carbonyl (C=O) groups is 1. The number of nitrogens with zero attached hydrogens (tertiary/aromatic N) is 2. The molecule has 2 amide bonds. The second kappa shape index (κ2) is 11.8. The van der Waals surface area contributed by atoms with Crippen molar-refractivity contribution in [1.29, 1.82) is 0 Å². The summed E-state index contributed by atoms with van der Waals surface area (Å²) >= 11 is 0.993. The van der Waals surface area contributed by atoms with Crippen LogP contribution in [0, 0.1) is 12.7 Å². The topological polar surface area (TPSA) is 155 Å². The van der Waals surface area contributed by atoms with Gasteiger partial charge in [-0.05, 0) is 55.5 Å². The first-order valence-electron chi connectivity index (χ1n) is 12.6. The Morgan fingerprint density at radius 3 is 2.54 bits per heavy atom. The van der Waals surface area contributed by atoms with Crippen LogP contribution in [0.3, 0.4) is 0 Å². The number of urea groups is 1. The molecule has 1 aliphatic rings. The van der Waals surface area contributed by atoms with E-state index in [0.29, 0.717) is 29.8 Å². The van der Waals surface area contributed by atoms with Gasteiger partial charge in [-0.15, -0.1) is 11.3 Å². The third-order valence-electron chi connectivity index (χ3n) is 6.41. The molecule has 1 fully saturated rings. The van der Waals surface area contributed by atoms with Gasteiger partial charge >= 0.3 is 11.7 Å². The van der Waals surface area contributed by atoms with E-state index in [2.05, 4.69) is 20.5 Å². The van der Waals surface area contributed by atoms with Gasteiger partial charge < -0.3 is 20.4 Å². The highest BCUT2D eigenvalue weighted by Gasteiger charge is 2.20. The molecule has 0 radical (unpaired) electrons. The summed E-state index contributed by atoms with van der Waals surface area (Å²) in [6.07, 6.45) is 0. The van der Waals surface area contributed by atoms with Crippen molar-refractivity contribution in [3.8, 4) is 5.69 Å². The zero-order chi connectivity index (χ0) is 29.1. The van der Waals surface area contributed by atoms with Gasteiger partial charge in [0.2, 0.25) is 0 Å². The Morgan fingerprint density at radius 1 is 1.07 bits per heavy atom. The minimum absolute atomic E-state index is 0.0440. The van der Waals surface area contributed by atoms with Crippen LogP contribution >= 0.6 is 11.3 Å². The van der Waals surface area contributed by atoms with E-state index in [1.165, 1.54) is 12.1 Å². The number of aromatic amines is 1. The van der Waals surface area contributed by atoms with Gasteiger partial charge in [0.15, 0.2) is 0 Å². The molecule has 15 heteroatoms. The Bertz CT molecular complexity index is 1830. The molecule has 0 bridgehead atoms. The van der Waals surface area contributed by atoms with Crippen LogP contribution in [-0.2, 0) is 14.8 Å². The molecular formula is C26H27FN6O6S2. The number of fused-ring (bicyclic) bond motifs is 1. The lowest BCUT2D eigenvalue weighted by molar-refractivity contribution is 0.0398. The highest BCUT2D eigenvalue weighted by atomic mass is 32.2. The van der Waals surface area contributed by atoms with Crippen LogP contribution in [-0.4, -0.2) is 68.3 Å². The third-order valence-corrected chi connectivity index (χ3v) is 9.24. The van der Waals surface area contributed by atoms with Gasteiger partial charge in [-0.25, -0.2) is 31.7 Å². The number of benzene rings is 2. The van der Waals surface area contributed by atoms with Crippen LogP contribution < -0.4 is 26.6 Å². The first-order chi connectivity index (χ1) is 19.6. The summed E-state index contributed by atoms with van der Waals surface area (Å²) < 4.78 is 47.6. The number of hydrogen-bond acceptors (Lipinski definition) is 9. The normalized spacial score (nSPS) is 14.2. The van der Waals surface area contributed by atoms with Crippen molar-refractivity contribution in [2.45, 2.75) is 11.1 Å². The minimum atomic E-state index is -4.11. The van der Waals surface area contributed by atoms with Gasteiger partial charge in [-0.2, -0.15) is 0 Å². The van der Waals surface area contributed by atoms with Crippen LogP contribution in [0.25, 0.3) is 16.6 Å². The van der Waals surface area contributed by atoms with Crippen molar-refractivity contribution in [3.05, 3.63) is 80.1 Å². The van der Waals surface area contributed by atoms with Gasteiger partial charge in [0.1, 0.15) is 10.0 Å². The lowest BCUT2D eigenvalue weighted by Crippen LogP contribution is -2.39. The number of hydrogen-bond donors (Lipinski definition) is 4. The average molecular weight is 603 g/mol. The van der Waals surface area contributed by atoms with E-state index < -0.39 is 33.1 Å². The van der Waals surface area contributed by atoms with Gasteiger partial charge in [-0.3, -0.25) is 9.69 Å². The molecule has 3 heterocycles. The van der Waals surface area contributed by atoms with E-state index in [-0.39, 0.29) is 21.0 Å². The number of aryl methyl sites for hydroxylation is 1. The summed E-state index contributed by atoms with van der Waals surface area (Å²) in [4.78, 5) is 43.9. The second-order valence-electron chi connectivity index (χ2n) is 9.30. The zero-order valence-corrected chi connectivity index (χ0v) is 23.5. The predicted octanol–water partition coefficient (Wildman–Crippen LogP) is 2.44. The van der Waals surface area contributed by atoms with Crippen LogP contribution in [0.2, 0.25) is 0 Å². The Morgan fingerprint density at radius 2 is 1.83 bits per heavy atom. The summed E-state index contributed by atoms with van der Waals surface area (Å²) in [5.41, 5.74) is -0.973. The van der Waals surface area contributed by atoms with Gasteiger partial charge in [0.25, 0.3) is 15.6 Å². The molecule has 216 valence electrons. The van der Waals surface area contributed by atoms with Crippen LogP contribution in [0.15, 0.2) is 62.3 Å². The molecule has 4 N–H and O–H groups in total. The third kappa shape index (κ3) is 6.48. The fraction of sp³-hybridized carbons (Fsp3) is 0.269. The zero-order valence-electron chi connectivity index (χ0n) is 21.9.